The Labute approximate surface area is 140 Å². The van der Waals surface area contributed by atoms with Gasteiger partial charge >= 0.3 is 12.1 Å². The molecular formula is C18H20N2O4. The number of hydrogen-bond acceptors (Lipinski definition) is 4. The molecule has 0 aromatic heterocycles. The predicted octanol–water partition coefficient (Wildman–Crippen LogP) is 3.35. The first-order valence-electron chi connectivity index (χ1n) is 7.55. The van der Waals surface area contributed by atoms with Crippen molar-refractivity contribution >= 4 is 23.4 Å². The molecule has 0 bridgehead atoms. The molecule has 2 aromatic rings. The molecule has 0 unspecified atom stereocenters. The van der Waals surface area contributed by atoms with E-state index in [2.05, 4.69) is 5.32 Å². The van der Waals surface area contributed by atoms with Crippen molar-refractivity contribution in [2.45, 2.75) is 13.0 Å². The van der Waals surface area contributed by atoms with E-state index in [0.29, 0.717) is 12.2 Å². The number of carbonyl (C=O) groups excluding carboxylic acids is 1. The highest BCUT2D eigenvalue weighted by atomic mass is 16.5. The number of ether oxygens (including phenoxy) is 1. The van der Waals surface area contributed by atoms with E-state index in [1.165, 1.54) is 0 Å². The summed E-state index contributed by atoms with van der Waals surface area (Å²) in [4.78, 5) is 24.2. The number of anilines is 2. The monoisotopic (exact) mass is 328 g/mol. The summed E-state index contributed by atoms with van der Waals surface area (Å²) in [6, 6.07) is 16.6. The van der Waals surface area contributed by atoms with Crippen molar-refractivity contribution in [1.29, 1.82) is 0 Å². The largest absolute Gasteiger partial charge is 0.481 e. The zero-order chi connectivity index (χ0) is 17.4. The lowest BCUT2D eigenvalue weighted by Crippen LogP contribution is -2.21. The lowest BCUT2D eigenvalue weighted by Gasteiger charge is -2.18. The van der Waals surface area contributed by atoms with Gasteiger partial charge in [-0.05, 0) is 29.8 Å². The predicted molar refractivity (Wildman–Crippen MR) is 92.2 cm³/mol. The minimum atomic E-state index is -0.832. The maximum atomic E-state index is 11.8. The fourth-order valence-electron chi connectivity index (χ4n) is 2.07. The number of aliphatic carboxylic acids is 1. The summed E-state index contributed by atoms with van der Waals surface area (Å²) in [7, 11) is 1.82. The molecule has 2 aromatic carbocycles. The molecule has 6 heteroatoms. The topological polar surface area (TPSA) is 78.9 Å². The standard InChI is InChI=1S/C18H20N2O4/c1-20(12-11-17(21)22)16-9-7-15(8-10-16)19-18(23)24-13-14-5-3-2-4-6-14/h2-10H,11-13H2,1H3,(H,19,23)(H,21,22). The number of benzene rings is 2. The van der Waals surface area contributed by atoms with Crippen LogP contribution in [0.1, 0.15) is 12.0 Å². The second kappa shape index (κ2) is 8.57. The number of rotatable bonds is 7. The highest BCUT2D eigenvalue weighted by Gasteiger charge is 2.06. The van der Waals surface area contributed by atoms with Gasteiger partial charge in [0, 0.05) is 25.0 Å². The number of hydrogen-bond donors (Lipinski definition) is 2. The zero-order valence-corrected chi connectivity index (χ0v) is 13.4. The first-order valence-corrected chi connectivity index (χ1v) is 7.55. The second-order valence-corrected chi connectivity index (χ2v) is 5.30. The first kappa shape index (κ1) is 17.3. The van der Waals surface area contributed by atoms with Gasteiger partial charge in [-0.3, -0.25) is 10.1 Å². The van der Waals surface area contributed by atoms with Gasteiger partial charge in [0.15, 0.2) is 0 Å². The number of carboxylic acid groups (broad SMARTS) is 1. The van der Waals surface area contributed by atoms with Crippen molar-refractivity contribution in [2.75, 3.05) is 23.8 Å². The minimum Gasteiger partial charge on any atom is -0.481 e. The summed E-state index contributed by atoms with van der Waals surface area (Å²) in [5.41, 5.74) is 2.41. The molecule has 0 fully saturated rings. The molecule has 2 N–H and O–H groups in total. The van der Waals surface area contributed by atoms with Gasteiger partial charge in [-0.1, -0.05) is 30.3 Å². The second-order valence-electron chi connectivity index (χ2n) is 5.30. The molecule has 0 radical (unpaired) electrons. The Hall–Kier alpha value is -3.02. The molecule has 1 amide bonds. The van der Waals surface area contributed by atoms with Crippen LogP contribution in [0.25, 0.3) is 0 Å². The summed E-state index contributed by atoms with van der Waals surface area (Å²) in [6.45, 7) is 0.629. The molecule has 2 rings (SSSR count). The van der Waals surface area contributed by atoms with E-state index >= 15 is 0 Å². The third-order valence-corrected chi connectivity index (χ3v) is 3.43. The van der Waals surface area contributed by atoms with E-state index in [0.717, 1.165) is 11.3 Å². The van der Waals surface area contributed by atoms with E-state index in [4.69, 9.17) is 9.84 Å². The Morgan fingerprint density at radius 3 is 2.38 bits per heavy atom. The van der Waals surface area contributed by atoms with Crippen molar-refractivity contribution < 1.29 is 19.4 Å². The lowest BCUT2D eigenvalue weighted by atomic mass is 10.2. The molecule has 6 nitrogen and oxygen atoms in total. The van der Waals surface area contributed by atoms with Crippen LogP contribution < -0.4 is 10.2 Å². The van der Waals surface area contributed by atoms with Gasteiger partial charge in [-0.25, -0.2) is 4.79 Å². The van der Waals surface area contributed by atoms with Crippen LogP contribution in [0.5, 0.6) is 0 Å². The molecule has 126 valence electrons. The maximum Gasteiger partial charge on any atom is 0.411 e. The van der Waals surface area contributed by atoms with Crippen molar-refractivity contribution in [2.24, 2.45) is 0 Å². The van der Waals surface area contributed by atoms with E-state index < -0.39 is 12.1 Å². The Morgan fingerprint density at radius 2 is 1.75 bits per heavy atom. The van der Waals surface area contributed by atoms with Crippen LogP contribution in [0.15, 0.2) is 54.6 Å². The van der Waals surface area contributed by atoms with Crippen LogP contribution >= 0.6 is 0 Å². The molecule has 0 saturated heterocycles. The number of nitrogens with one attached hydrogen (secondary N) is 1. The van der Waals surface area contributed by atoms with Crippen LogP contribution in [0, 0.1) is 0 Å². The van der Waals surface area contributed by atoms with E-state index in [1.807, 2.05) is 54.4 Å². The molecule has 0 saturated carbocycles. The molecular weight excluding hydrogens is 308 g/mol. The highest BCUT2D eigenvalue weighted by molar-refractivity contribution is 5.84. The normalized spacial score (nSPS) is 10.0. The number of carbonyl (C=O) groups is 2. The van der Waals surface area contributed by atoms with Gasteiger partial charge in [0.2, 0.25) is 0 Å². The Morgan fingerprint density at radius 1 is 1.08 bits per heavy atom. The van der Waals surface area contributed by atoms with Crippen molar-refractivity contribution in [1.82, 2.24) is 0 Å². The SMILES string of the molecule is CN(CCC(=O)O)c1ccc(NC(=O)OCc2ccccc2)cc1. The quantitative estimate of drug-likeness (QED) is 0.815. The zero-order valence-electron chi connectivity index (χ0n) is 13.4. The molecule has 0 heterocycles. The van der Waals surface area contributed by atoms with Gasteiger partial charge in [-0.2, -0.15) is 0 Å². The molecule has 0 spiro atoms. The average molecular weight is 328 g/mol. The summed E-state index contributed by atoms with van der Waals surface area (Å²) in [5.74, 6) is -0.832. The highest BCUT2D eigenvalue weighted by Crippen LogP contribution is 2.17. The van der Waals surface area contributed by atoms with Gasteiger partial charge in [0.05, 0.1) is 6.42 Å². The lowest BCUT2D eigenvalue weighted by molar-refractivity contribution is -0.136. The van der Waals surface area contributed by atoms with Crippen LogP contribution in [0.3, 0.4) is 0 Å². The average Bonchev–Trinajstić information content (AvgIpc) is 2.59. The smallest absolute Gasteiger partial charge is 0.411 e. The van der Waals surface area contributed by atoms with Crippen LogP contribution in [0.2, 0.25) is 0 Å². The van der Waals surface area contributed by atoms with Gasteiger partial charge in [0.1, 0.15) is 6.61 Å². The summed E-state index contributed by atoms with van der Waals surface area (Å²) < 4.78 is 5.15. The van der Waals surface area contributed by atoms with Gasteiger partial charge in [0.25, 0.3) is 0 Å². The summed E-state index contributed by atoms with van der Waals surface area (Å²) in [5, 5.41) is 11.4. The number of amides is 1. The van der Waals surface area contributed by atoms with Gasteiger partial charge < -0.3 is 14.7 Å². The van der Waals surface area contributed by atoms with Crippen molar-refractivity contribution in [3.05, 3.63) is 60.2 Å². The van der Waals surface area contributed by atoms with E-state index in [1.54, 1.807) is 12.1 Å². The minimum absolute atomic E-state index is 0.0717. The molecule has 0 atom stereocenters. The maximum absolute atomic E-state index is 11.8. The van der Waals surface area contributed by atoms with Crippen molar-refractivity contribution in [3.63, 3.8) is 0 Å². The van der Waals surface area contributed by atoms with Crippen LogP contribution in [-0.2, 0) is 16.1 Å². The van der Waals surface area contributed by atoms with Gasteiger partial charge in [-0.15, -0.1) is 0 Å². The molecule has 0 aliphatic rings. The summed E-state index contributed by atoms with van der Waals surface area (Å²) >= 11 is 0. The Bertz CT molecular complexity index is 671. The van der Waals surface area contributed by atoms with E-state index in [9.17, 15) is 9.59 Å². The third-order valence-electron chi connectivity index (χ3n) is 3.43. The summed E-state index contributed by atoms with van der Waals surface area (Å²) in [6.07, 6.45) is -0.451. The first-order chi connectivity index (χ1) is 11.5. The fraction of sp³-hybridized carbons (Fsp3) is 0.222. The van der Waals surface area contributed by atoms with Crippen LogP contribution in [-0.4, -0.2) is 30.8 Å². The number of carboxylic acids is 1. The molecule has 0 aliphatic heterocycles. The Kier molecular flexibility index (Phi) is 6.19. The third kappa shape index (κ3) is 5.64. The fourth-order valence-corrected chi connectivity index (χ4v) is 2.07. The Balaban J connectivity index is 1.82. The van der Waals surface area contributed by atoms with E-state index in [-0.39, 0.29) is 13.0 Å². The number of nitrogens with zero attached hydrogens (tertiary/aromatic N) is 1. The molecule has 0 aliphatic carbocycles. The molecule has 24 heavy (non-hydrogen) atoms. The van der Waals surface area contributed by atoms with Crippen LogP contribution in [0.4, 0.5) is 16.2 Å². The van der Waals surface area contributed by atoms with Crippen molar-refractivity contribution in [3.8, 4) is 0 Å².